The highest BCUT2D eigenvalue weighted by Crippen LogP contribution is 2.26. The molecule has 2 heterocycles. The van der Waals surface area contributed by atoms with Gasteiger partial charge in [-0.2, -0.15) is 0 Å². The molecule has 2 aromatic heterocycles. The van der Waals surface area contributed by atoms with Crippen LogP contribution in [0.1, 0.15) is 21.5 Å². The summed E-state index contributed by atoms with van der Waals surface area (Å²) in [6, 6.07) is 18.3. The number of carbonyl (C=O) groups excluding carboxylic acids is 1. The standard InChI is InChI=1S/C23H20N4O3/c28-22(29)20-15-27(14-16-5-2-1-3-6-16)21-11-18(8-9-19(20)21)26-23(30)25-13-17-7-4-10-24-12-17/h1-12,15H,13-14H2,(H,28,29)(H2,25,26,30). The zero-order valence-electron chi connectivity index (χ0n) is 16.1. The summed E-state index contributed by atoms with van der Waals surface area (Å²) in [5.41, 5.74) is 3.50. The van der Waals surface area contributed by atoms with Crippen molar-refractivity contribution in [1.29, 1.82) is 0 Å². The molecular weight excluding hydrogens is 380 g/mol. The molecular formula is C23H20N4O3. The van der Waals surface area contributed by atoms with Crippen molar-refractivity contribution in [1.82, 2.24) is 14.9 Å². The van der Waals surface area contributed by atoms with Gasteiger partial charge in [-0.15, -0.1) is 0 Å². The predicted octanol–water partition coefficient (Wildman–Crippen LogP) is 4.10. The van der Waals surface area contributed by atoms with E-state index in [1.807, 2.05) is 47.0 Å². The number of nitrogens with zero attached hydrogens (tertiary/aromatic N) is 2. The average molecular weight is 400 g/mol. The van der Waals surface area contributed by atoms with Gasteiger partial charge >= 0.3 is 12.0 Å². The first-order valence-electron chi connectivity index (χ1n) is 9.44. The van der Waals surface area contributed by atoms with Gasteiger partial charge in [0.05, 0.1) is 11.1 Å². The Morgan fingerprint density at radius 2 is 1.80 bits per heavy atom. The van der Waals surface area contributed by atoms with Gasteiger partial charge in [0.2, 0.25) is 0 Å². The lowest BCUT2D eigenvalue weighted by molar-refractivity contribution is 0.0698. The topological polar surface area (TPSA) is 96.2 Å². The fourth-order valence-corrected chi connectivity index (χ4v) is 3.31. The van der Waals surface area contributed by atoms with E-state index in [0.717, 1.165) is 16.6 Å². The van der Waals surface area contributed by atoms with E-state index in [9.17, 15) is 14.7 Å². The highest BCUT2D eigenvalue weighted by atomic mass is 16.4. The molecule has 0 fully saturated rings. The Balaban J connectivity index is 1.56. The van der Waals surface area contributed by atoms with Crippen molar-refractivity contribution in [2.75, 3.05) is 5.32 Å². The van der Waals surface area contributed by atoms with Crippen molar-refractivity contribution >= 4 is 28.6 Å². The summed E-state index contributed by atoms with van der Waals surface area (Å²) in [4.78, 5) is 28.0. The summed E-state index contributed by atoms with van der Waals surface area (Å²) in [6.45, 7) is 0.886. The maximum atomic E-state index is 12.3. The Morgan fingerprint density at radius 1 is 1.00 bits per heavy atom. The van der Waals surface area contributed by atoms with E-state index < -0.39 is 5.97 Å². The number of carboxylic acids is 1. The number of benzene rings is 2. The first kappa shape index (κ1) is 19.2. The lowest BCUT2D eigenvalue weighted by atomic mass is 10.1. The number of nitrogens with one attached hydrogen (secondary N) is 2. The number of anilines is 1. The van der Waals surface area contributed by atoms with Crippen molar-refractivity contribution in [3.05, 3.63) is 95.9 Å². The smallest absolute Gasteiger partial charge is 0.337 e. The van der Waals surface area contributed by atoms with Crippen LogP contribution in [0.5, 0.6) is 0 Å². The van der Waals surface area contributed by atoms with Crippen molar-refractivity contribution in [3.8, 4) is 0 Å². The summed E-state index contributed by atoms with van der Waals surface area (Å²) in [5.74, 6) is -0.985. The van der Waals surface area contributed by atoms with E-state index in [4.69, 9.17) is 0 Å². The maximum absolute atomic E-state index is 12.3. The number of rotatable bonds is 6. The third kappa shape index (κ3) is 4.30. The van der Waals surface area contributed by atoms with Gasteiger partial charge in [0.1, 0.15) is 0 Å². The first-order valence-corrected chi connectivity index (χ1v) is 9.44. The third-order valence-corrected chi connectivity index (χ3v) is 4.74. The molecule has 0 saturated carbocycles. The van der Waals surface area contributed by atoms with Gasteiger partial charge in [0.15, 0.2) is 0 Å². The summed E-state index contributed by atoms with van der Waals surface area (Å²) in [7, 11) is 0. The first-order chi connectivity index (χ1) is 14.6. The second-order valence-electron chi connectivity index (χ2n) is 6.86. The minimum atomic E-state index is -0.985. The number of carboxylic acid groups (broad SMARTS) is 1. The number of hydrogen-bond acceptors (Lipinski definition) is 3. The van der Waals surface area contributed by atoms with Crippen molar-refractivity contribution in [3.63, 3.8) is 0 Å². The molecule has 0 aliphatic heterocycles. The monoisotopic (exact) mass is 400 g/mol. The predicted molar refractivity (Wildman–Crippen MR) is 115 cm³/mol. The van der Waals surface area contributed by atoms with Gasteiger partial charge in [0.25, 0.3) is 0 Å². The van der Waals surface area contributed by atoms with Crippen molar-refractivity contribution in [2.45, 2.75) is 13.1 Å². The Bertz CT molecular complexity index is 1190. The summed E-state index contributed by atoms with van der Waals surface area (Å²) in [6.07, 6.45) is 5.00. The Labute approximate surface area is 173 Å². The number of pyridine rings is 1. The minimum Gasteiger partial charge on any atom is -0.478 e. The van der Waals surface area contributed by atoms with Crippen LogP contribution in [0.2, 0.25) is 0 Å². The molecule has 0 radical (unpaired) electrons. The zero-order chi connectivity index (χ0) is 20.9. The fraction of sp³-hybridized carbons (Fsp3) is 0.0870. The third-order valence-electron chi connectivity index (χ3n) is 4.74. The van der Waals surface area contributed by atoms with Crippen LogP contribution in [0.15, 0.2) is 79.3 Å². The second kappa shape index (κ2) is 8.48. The average Bonchev–Trinajstić information content (AvgIpc) is 3.12. The van der Waals surface area contributed by atoms with Crippen LogP contribution in [0.3, 0.4) is 0 Å². The zero-order valence-corrected chi connectivity index (χ0v) is 16.1. The van der Waals surface area contributed by atoms with E-state index in [-0.39, 0.29) is 11.6 Å². The van der Waals surface area contributed by atoms with Crippen LogP contribution >= 0.6 is 0 Å². The highest BCUT2D eigenvalue weighted by Gasteiger charge is 2.15. The van der Waals surface area contributed by atoms with Crippen LogP contribution in [-0.2, 0) is 13.1 Å². The number of aromatic nitrogens is 2. The fourth-order valence-electron chi connectivity index (χ4n) is 3.31. The van der Waals surface area contributed by atoms with Crippen LogP contribution in [-0.4, -0.2) is 26.7 Å². The molecule has 4 aromatic rings. The van der Waals surface area contributed by atoms with Gasteiger partial charge in [0, 0.05) is 42.8 Å². The van der Waals surface area contributed by atoms with Crippen LogP contribution < -0.4 is 10.6 Å². The van der Waals surface area contributed by atoms with Gasteiger partial charge in [-0.05, 0) is 35.4 Å². The molecule has 4 rings (SSSR count). The van der Waals surface area contributed by atoms with E-state index in [1.165, 1.54) is 0 Å². The van der Waals surface area contributed by atoms with E-state index in [0.29, 0.717) is 24.2 Å². The van der Waals surface area contributed by atoms with Crippen LogP contribution in [0, 0.1) is 0 Å². The molecule has 7 nitrogen and oxygen atoms in total. The van der Waals surface area contributed by atoms with Crippen LogP contribution in [0.4, 0.5) is 10.5 Å². The number of amides is 2. The van der Waals surface area contributed by atoms with Gasteiger partial charge in [-0.3, -0.25) is 4.98 Å². The quantitative estimate of drug-likeness (QED) is 0.454. The number of fused-ring (bicyclic) bond motifs is 1. The van der Waals surface area contributed by atoms with Gasteiger partial charge in [-0.1, -0.05) is 36.4 Å². The molecule has 2 amide bonds. The molecule has 0 aliphatic carbocycles. The minimum absolute atomic E-state index is 0.230. The number of carbonyl (C=O) groups is 2. The Hall–Kier alpha value is -4.13. The number of urea groups is 1. The van der Waals surface area contributed by atoms with E-state index >= 15 is 0 Å². The van der Waals surface area contributed by atoms with Gasteiger partial charge in [-0.25, -0.2) is 9.59 Å². The molecule has 0 bridgehead atoms. The normalized spacial score (nSPS) is 10.7. The molecule has 0 saturated heterocycles. The maximum Gasteiger partial charge on any atom is 0.337 e. The largest absolute Gasteiger partial charge is 0.478 e. The van der Waals surface area contributed by atoms with Gasteiger partial charge < -0.3 is 20.3 Å². The molecule has 0 aliphatic rings. The number of aromatic carboxylic acids is 1. The van der Waals surface area contributed by atoms with E-state index in [1.54, 1.807) is 36.8 Å². The second-order valence-corrected chi connectivity index (χ2v) is 6.86. The Morgan fingerprint density at radius 3 is 2.53 bits per heavy atom. The summed E-state index contributed by atoms with van der Waals surface area (Å²) >= 11 is 0. The lowest BCUT2D eigenvalue weighted by Gasteiger charge is -2.10. The van der Waals surface area contributed by atoms with Crippen molar-refractivity contribution < 1.29 is 14.7 Å². The molecule has 2 aromatic carbocycles. The van der Waals surface area contributed by atoms with Crippen molar-refractivity contribution in [2.24, 2.45) is 0 Å². The summed E-state index contributed by atoms with van der Waals surface area (Å²) in [5, 5.41) is 15.8. The Kier molecular flexibility index (Phi) is 5.43. The lowest BCUT2D eigenvalue weighted by Crippen LogP contribution is -2.28. The SMILES string of the molecule is O=C(NCc1cccnc1)Nc1ccc2c(C(=O)O)cn(Cc3ccccc3)c2c1. The summed E-state index contributed by atoms with van der Waals surface area (Å²) < 4.78 is 1.88. The molecule has 0 atom stereocenters. The van der Waals surface area contributed by atoms with Crippen LogP contribution in [0.25, 0.3) is 10.9 Å². The molecule has 7 heteroatoms. The molecule has 30 heavy (non-hydrogen) atoms. The highest BCUT2D eigenvalue weighted by molar-refractivity contribution is 6.05. The molecule has 150 valence electrons. The molecule has 0 spiro atoms. The van der Waals surface area contributed by atoms with E-state index in [2.05, 4.69) is 15.6 Å². The number of hydrogen-bond donors (Lipinski definition) is 3. The molecule has 3 N–H and O–H groups in total. The molecule has 0 unspecified atom stereocenters.